The molecule has 0 spiro atoms. The number of nitrogen functional groups attached to an aromatic ring is 2. The van der Waals surface area contributed by atoms with Crippen molar-refractivity contribution in [3.63, 3.8) is 0 Å². The number of hydrogen-bond donors (Lipinski definition) is 4. The van der Waals surface area contributed by atoms with E-state index >= 15 is 0 Å². The third-order valence-electron chi connectivity index (χ3n) is 3.24. The Labute approximate surface area is 106 Å². The van der Waals surface area contributed by atoms with Crippen molar-refractivity contribution < 1.29 is 5.11 Å². The van der Waals surface area contributed by atoms with E-state index in [4.69, 9.17) is 16.7 Å². The Morgan fingerprint density at radius 2 is 2.33 bits per heavy atom. The Kier molecular flexibility index (Phi) is 4.16. The molecule has 1 unspecified atom stereocenters. The van der Waals surface area contributed by atoms with Crippen LogP contribution in [0.2, 0.25) is 0 Å². The second-order valence-corrected chi connectivity index (χ2v) is 4.47. The van der Waals surface area contributed by atoms with Gasteiger partial charge in [-0.1, -0.05) is 0 Å². The molecule has 2 rings (SSSR count). The highest BCUT2D eigenvalue weighted by Crippen LogP contribution is 2.28. The first-order chi connectivity index (χ1) is 8.74. The highest BCUT2D eigenvalue weighted by Gasteiger charge is 2.25. The van der Waals surface area contributed by atoms with Crippen LogP contribution in [-0.2, 0) is 0 Å². The lowest BCUT2D eigenvalue weighted by Crippen LogP contribution is -2.30. The summed E-state index contributed by atoms with van der Waals surface area (Å²) in [5.41, 5.74) is 8.16. The lowest BCUT2D eigenvalue weighted by Gasteiger charge is -2.26. The van der Waals surface area contributed by atoms with Crippen LogP contribution in [0.15, 0.2) is 6.07 Å². The van der Waals surface area contributed by atoms with Crippen LogP contribution in [0.25, 0.3) is 0 Å². The van der Waals surface area contributed by atoms with E-state index in [0.717, 1.165) is 38.0 Å². The number of aliphatic hydroxyl groups excluding tert-OH is 1. The standard InChI is InChI=1S/C11H20N6O/c12-11-14-9(16-13)7-10(15-11)17-5-1-3-8(17)4-2-6-18/h7-8,18H,1-6,13H2,(H3,12,14,15,16). The molecule has 0 aromatic carbocycles. The summed E-state index contributed by atoms with van der Waals surface area (Å²) in [7, 11) is 0. The van der Waals surface area contributed by atoms with Gasteiger partial charge in [-0.2, -0.15) is 9.97 Å². The van der Waals surface area contributed by atoms with E-state index in [0.29, 0.717) is 11.9 Å². The summed E-state index contributed by atoms with van der Waals surface area (Å²) >= 11 is 0. The number of rotatable bonds is 5. The smallest absolute Gasteiger partial charge is 0.223 e. The topological polar surface area (TPSA) is 113 Å². The molecule has 0 saturated carbocycles. The largest absolute Gasteiger partial charge is 0.396 e. The third kappa shape index (κ3) is 2.80. The fourth-order valence-electron chi connectivity index (χ4n) is 2.44. The summed E-state index contributed by atoms with van der Waals surface area (Å²) < 4.78 is 0. The van der Waals surface area contributed by atoms with Crippen LogP contribution in [-0.4, -0.2) is 34.3 Å². The maximum absolute atomic E-state index is 8.92. The normalized spacial score (nSPS) is 19.2. The van der Waals surface area contributed by atoms with Gasteiger partial charge < -0.3 is 21.2 Å². The van der Waals surface area contributed by atoms with E-state index in [2.05, 4.69) is 20.3 Å². The van der Waals surface area contributed by atoms with Crippen molar-refractivity contribution in [2.24, 2.45) is 5.84 Å². The summed E-state index contributed by atoms with van der Waals surface area (Å²) in [6.07, 6.45) is 4.02. The lowest BCUT2D eigenvalue weighted by molar-refractivity contribution is 0.279. The second-order valence-electron chi connectivity index (χ2n) is 4.47. The zero-order chi connectivity index (χ0) is 13.0. The van der Waals surface area contributed by atoms with Crippen LogP contribution in [0.3, 0.4) is 0 Å². The Balaban J connectivity index is 2.16. The molecule has 0 bridgehead atoms. The fraction of sp³-hybridized carbons (Fsp3) is 0.636. The van der Waals surface area contributed by atoms with Crippen molar-refractivity contribution in [2.45, 2.75) is 31.7 Å². The number of nitrogens with one attached hydrogen (secondary N) is 1. The maximum Gasteiger partial charge on any atom is 0.223 e. The van der Waals surface area contributed by atoms with E-state index in [1.165, 1.54) is 0 Å². The second kappa shape index (κ2) is 5.83. The summed E-state index contributed by atoms with van der Waals surface area (Å²) in [4.78, 5) is 10.4. The molecule has 7 heteroatoms. The predicted octanol–water partition coefficient (Wildman–Crippen LogP) is 0.0857. The van der Waals surface area contributed by atoms with E-state index in [1.807, 2.05) is 0 Å². The summed E-state index contributed by atoms with van der Waals surface area (Å²) in [5, 5.41) is 8.92. The quantitative estimate of drug-likeness (QED) is 0.433. The van der Waals surface area contributed by atoms with Gasteiger partial charge in [-0.05, 0) is 25.7 Å². The van der Waals surface area contributed by atoms with Gasteiger partial charge in [0.05, 0.1) is 0 Å². The van der Waals surface area contributed by atoms with Crippen LogP contribution in [0.1, 0.15) is 25.7 Å². The molecule has 1 aliphatic rings. The molecule has 1 saturated heterocycles. The van der Waals surface area contributed by atoms with Gasteiger partial charge in [0.25, 0.3) is 0 Å². The van der Waals surface area contributed by atoms with Gasteiger partial charge in [-0.3, -0.25) is 0 Å². The number of aromatic nitrogens is 2. The minimum atomic E-state index is 0.216. The van der Waals surface area contributed by atoms with Gasteiger partial charge in [0.15, 0.2) is 0 Å². The molecule has 1 atom stereocenters. The summed E-state index contributed by atoms with van der Waals surface area (Å²) in [5.74, 6) is 6.89. The number of anilines is 3. The van der Waals surface area contributed by atoms with Crippen molar-refractivity contribution in [1.29, 1.82) is 0 Å². The molecule has 18 heavy (non-hydrogen) atoms. The molecule has 100 valence electrons. The van der Waals surface area contributed by atoms with Crippen LogP contribution in [0.5, 0.6) is 0 Å². The number of hydrazine groups is 1. The first kappa shape index (κ1) is 12.8. The van der Waals surface area contributed by atoms with Gasteiger partial charge in [0.1, 0.15) is 11.6 Å². The van der Waals surface area contributed by atoms with Crippen molar-refractivity contribution in [3.8, 4) is 0 Å². The van der Waals surface area contributed by atoms with E-state index in [1.54, 1.807) is 6.07 Å². The summed E-state index contributed by atoms with van der Waals surface area (Å²) in [6, 6.07) is 2.21. The van der Waals surface area contributed by atoms with E-state index in [-0.39, 0.29) is 12.6 Å². The Morgan fingerprint density at radius 1 is 1.50 bits per heavy atom. The first-order valence-corrected chi connectivity index (χ1v) is 6.23. The monoisotopic (exact) mass is 252 g/mol. The minimum absolute atomic E-state index is 0.216. The van der Waals surface area contributed by atoms with Gasteiger partial charge in [-0.15, -0.1) is 0 Å². The van der Waals surface area contributed by atoms with E-state index < -0.39 is 0 Å². The molecule has 1 aliphatic heterocycles. The molecule has 7 nitrogen and oxygen atoms in total. The average Bonchev–Trinajstić information content (AvgIpc) is 2.83. The third-order valence-corrected chi connectivity index (χ3v) is 3.24. The molecule has 2 heterocycles. The predicted molar refractivity (Wildman–Crippen MR) is 70.9 cm³/mol. The van der Waals surface area contributed by atoms with Gasteiger partial charge in [0.2, 0.25) is 5.95 Å². The van der Waals surface area contributed by atoms with Crippen LogP contribution in [0.4, 0.5) is 17.6 Å². The number of aliphatic hydroxyl groups is 1. The number of nitrogens with zero attached hydrogens (tertiary/aromatic N) is 3. The maximum atomic E-state index is 8.92. The molecular formula is C11H20N6O. The van der Waals surface area contributed by atoms with Crippen LogP contribution in [0, 0.1) is 0 Å². The van der Waals surface area contributed by atoms with Gasteiger partial charge >= 0.3 is 0 Å². The summed E-state index contributed by atoms with van der Waals surface area (Å²) in [6.45, 7) is 1.18. The van der Waals surface area contributed by atoms with Crippen LogP contribution >= 0.6 is 0 Å². The zero-order valence-corrected chi connectivity index (χ0v) is 10.3. The van der Waals surface area contributed by atoms with Crippen molar-refractivity contribution in [1.82, 2.24) is 9.97 Å². The SMILES string of the molecule is NNc1cc(N2CCCC2CCCO)nc(N)n1. The lowest BCUT2D eigenvalue weighted by atomic mass is 10.1. The Hall–Kier alpha value is -1.60. The minimum Gasteiger partial charge on any atom is -0.396 e. The van der Waals surface area contributed by atoms with Gasteiger partial charge in [0, 0.05) is 25.3 Å². The fourth-order valence-corrected chi connectivity index (χ4v) is 2.44. The van der Waals surface area contributed by atoms with Crippen LogP contribution < -0.4 is 21.9 Å². The van der Waals surface area contributed by atoms with E-state index in [9.17, 15) is 0 Å². The highest BCUT2D eigenvalue weighted by atomic mass is 16.2. The molecular weight excluding hydrogens is 232 g/mol. The van der Waals surface area contributed by atoms with Gasteiger partial charge in [-0.25, -0.2) is 5.84 Å². The van der Waals surface area contributed by atoms with Crippen molar-refractivity contribution in [3.05, 3.63) is 6.07 Å². The molecule has 1 fully saturated rings. The zero-order valence-electron chi connectivity index (χ0n) is 10.3. The average molecular weight is 252 g/mol. The molecule has 0 aliphatic carbocycles. The molecule has 1 aromatic rings. The first-order valence-electron chi connectivity index (χ1n) is 6.23. The number of nitrogens with two attached hydrogens (primary N) is 2. The Bertz CT molecular complexity index is 399. The molecule has 0 amide bonds. The highest BCUT2D eigenvalue weighted by molar-refractivity contribution is 5.53. The Morgan fingerprint density at radius 3 is 3.06 bits per heavy atom. The van der Waals surface area contributed by atoms with Crippen molar-refractivity contribution in [2.75, 3.05) is 29.2 Å². The number of hydrogen-bond acceptors (Lipinski definition) is 7. The molecule has 0 radical (unpaired) electrons. The molecule has 1 aromatic heterocycles. The van der Waals surface area contributed by atoms with Crippen molar-refractivity contribution >= 4 is 17.6 Å². The molecule has 6 N–H and O–H groups in total.